The van der Waals surface area contributed by atoms with E-state index in [1.807, 2.05) is 0 Å². The summed E-state index contributed by atoms with van der Waals surface area (Å²) in [4.78, 5) is 7.26. The Hall–Kier alpha value is -0.610. The molecule has 1 saturated carbocycles. The van der Waals surface area contributed by atoms with Crippen molar-refractivity contribution in [3.05, 3.63) is 0 Å². The Kier molecular flexibility index (Phi) is 2.62. The third-order valence-corrected chi connectivity index (χ3v) is 5.08. The molecule has 4 heteroatoms. The second-order valence-corrected chi connectivity index (χ2v) is 6.51. The van der Waals surface area contributed by atoms with Crippen LogP contribution in [-0.4, -0.2) is 55.7 Å². The molecule has 4 fully saturated rings. The van der Waals surface area contributed by atoms with Crippen LogP contribution < -0.4 is 5.32 Å². The molecule has 0 spiro atoms. The molecule has 1 atom stereocenters. The number of nitrogens with one attached hydrogen (secondary N) is 1. The normalized spacial score (nSPS) is 43.4. The molecule has 5 aliphatic rings. The summed E-state index contributed by atoms with van der Waals surface area (Å²) >= 11 is 0. The molecule has 1 unspecified atom stereocenters. The summed E-state index contributed by atoms with van der Waals surface area (Å²) in [6, 6.07) is 0.748. The molecular weight excluding hydrogens is 226 g/mol. The van der Waals surface area contributed by atoms with Crippen LogP contribution in [0.5, 0.6) is 0 Å². The summed E-state index contributed by atoms with van der Waals surface area (Å²) in [5.74, 6) is 1.07. The van der Waals surface area contributed by atoms with Crippen molar-refractivity contribution in [2.75, 3.05) is 32.7 Å². The predicted octanol–water partition coefficient (Wildman–Crippen LogP) is 1.02. The lowest BCUT2D eigenvalue weighted by Gasteiger charge is -2.36. The lowest BCUT2D eigenvalue weighted by atomic mass is 9.70. The minimum Gasteiger partial charge on any atom is -0.474 e. The largest absolute Gasteiger partial charge is 0.474 e. The number of ether oxygens (including phenoxy) is 1. The van der Waals surface area contributed by atoms with E-state index in [1.165, 1.54) is 45.2 Å². The van der Waals surface area contributed by atoms with E-state index in [0.717, 1.165) is 31.6 Å². The van der Waals surface area contributed by atoms with Crippen molar-refractivity contribution < 1.29 is 4.74 Å². The highest BCUT2D eigenvalue weighted by Crippen LogP contribution is 2.48. The van der Waals surface area contributed by atoms with Crippen LogP contribution in [0.15, 0.2) is 4.99 Å². The van der Waals surface area contributed by atoms with Gasteiger partial charge in [-0.25, -0.2) is 0 Å². The first kappa shape index (κ1) is 11.2. The van der Waals surface area contributed by atoms with E-state index in [4.69, 9.17) is 9.73 Å². The number of hydrogen-bond acceptors (Lipinski definition) is 4. The average molecular weight is 249 g/mol. The summed E-state index contributed by atoms with van der Waals surface area (Å²) in [7, 11) is 0. The van der Waals surface area contributed by atoms with Gasteiger partial charge in [0.05, 0.1) is 12.0 Å². The van der Waals surface area contributed by atoms with E-state index in [-0.39, 0.29) is 0 Å². The molecule has 4 nitrogen and oxygen atoms in total. The maximum atomic E-state index is 6.16. The van der Waals surface area contributed by atoms with Gasteiger partial charge < -0.3 is 10.1 Å². The quantitative estimate of drug-likeness (QED) is 0.811. The summed E-state index contributed by atoms with van der Waals surface area (Å²) < 4.78 is 6.16. The van der Waals surface area contributed by atoms with Crippen molar-refractivity contribution >= 4 is 5.90 Å². The third kappa shape index (κ3) is 1.77. The topological polar surface area (TPSA) is 36.9 Å². The molecule has 100 valence electrons. The highest BCUT2D eigenvalue weighted by atomic mass is 16.5. The molecule has 0 aromatic heterocycles. The number of piperidine rings is 1. The number of rotatable bonds is 3. The first-order valence-electron chi connectivity index (χ1n) is 7.51. The van der Waals surface area contributed by atoms with Gasteiger partial charge in [0, 0.05) is 19.1 Å². The highest BCUT2D eigenvalue weighted by Gasteiger charge is 2.56. The molecule has 0 radical (unpaired) electrons. The fourth-order valence-electron chi connectivity index (χ4n) is 4.00. The Bertz CT molecular complexity index is 351. The van der Waals surface area contributed by atoms with Crippen molar-refractivity contribution in [1.82, 2.24) is 10.2 Å². The lowest BCUT2D eigenvalue weighted by molar-refractivity contribution is 0.111. The minimum atomic E-state index is 0.293. The standard InChI is InChI=1S/C14H23N3O/c1-2-4-17(5-3-1)9-12-8-15-13(18-12)14-6-11(7-14)16-10-14/h11-12,16H,1-10H2. The SMILES string of the molecule is C1CCN(CC2CN=C(C34CNC(C3)C4)O2)CC1. The second kappa shape index (κ2) is 4.20. The molecule has 18 heavy (non-hydrogen) atoms. The molecule has 0 amide bonds. The highest BCUT2D eigenvalue weighted by molar-refractivity contribution is 5.86. The molecule has 0 aromatic carbocycles. The Morgan fingerprint density at radius 1 is 1.28 bits per heavy atom. The van der Waals surface area contributed by atoms with Crippen molar-refractivity contribution in [3.8, 4) is 0 Å². The van der Waals surface area contributed by atoms with Crippen molar-refractivity contribution in [2.45, 2.75) is 44.2 Å². The van der Waals surface area contributed by atoms with E-state index in [2.05, 4.69) is 10.2 Å². The first-order valence-corrected chi connectivity index (χ1v) is 7.51. The van der Waals surface area contributed by atoms with E-state index in [9.17, 15) is 0 Å². The van der Waals surface area contributed by atoms with Gasteiger partial charge in [-0.3, -0.25) is 9.89 Å². The Balaban J connectivity index is 1.32. The monoisotopic (exact) mass is 249 g/mol. The van der Waals surface area contributed by atoms with E-state index < -0.39 is 0 Å². The zero-order valence-corrected chi connectivity index (χ0v) is 11.0. The number of fused-ring (bicyclic) bond motifs is 1. The first-order chi connectivity index (χ1) is 8.84. The van der Waals surface area contributed by atoms with Gasteiger partial charge in [0.2, 0.25) is 0 Å². The molecule has 0 aromatic rings. The van der Waals surface area contributed by atoms with Gasteiger partial charge in [0.15, 0.2) is 5.90 Å². The van der Waals surface area contributed by atoms with Crippen LogP contribution in [0.3, 0.4) is 0 Å². The molecule has 2 bridgehead atoms. The molecule has 1 N–H and O–H groups in total. The summed E-state index contributed by atoms with van der Waals surface area (Å²) in [5.41, 5.74) is 0.293. The average Bonchev–Trinajstić information content (AvgIpc) is 3.02. The zero-order valence-electron chi connectivity index (χ0n) is 11.0. The fourth-order valence-corrected chi connectivity index (χ4v) is 4.00. The van der Waals surface area contributed by atoms with Gasteiger partial charge in [-0.1, -0.05) is 6.42 Å². The molecule has 5 rings (SSSR count). The molecular formula is C14H23N3O. The summed E-state index contributed by atoms with van der Waals surface area (Å²) in [6.07, 6.45) is 6.95. The number of hydrogen-bond donors (Lipinski definition) is 1. The third-order valence-electron chi connectivity index (χ3n) is 5.08. The van der Waals surface area contributed by atoms with Gasteiger partial charge in [-0.2, -0.15) is 0 Å². The van der Waals surface area contributed by atoms with Crippen LogP contribution in [0.1, 0.15) is 32.1 Å². The maximum Gasteiger partial charge on any atom is 0.191 e. The van der Waals surface area contributed by atoms with E-state index in [0.29, 0.717) is 11.5 Å². The summed E-state index contributed by atoms with van der Waals surface area (Å²) in [6.45, 7) is 5.57. The molecule has 4 aliphatic heterocycles. The summed E-state index contributed by atoms with van der Waals surface area (Å²) in [5, 5.41) is 3.54. The van der Waals surface area contributed by atoms with Gasteiger partial charge in [-0.05, 0) is 38.8 Å². The van der Waals surface area contributed by atoms with Crippen LogP contribution in [0.2, 0.25) is 0 Å². The Morgan fingerprint density at radius 2 is 2.11 bits per heavy atom. The van der Waals surface area contributed by atoms with Crippen LogP contribution >= 0.6 is 0 Å². The molecule has 1 aliphatic carbocycles. The number of nitrogens with zero attached hydrogens (tertiary/aromatic N) is 2. The van der Waals surface area contributed by atoms with Gasteiger partial charge >= 0.3 is 0 Å². The Labute approximate surface area is 109 Å². The Morgan fingerprint density at radius 3 is 2.83 bits per heavy atom. The number of likely N-dealkylation sites (tertiary alicyclic amines) is 1. The van der Waals surface area contributed by atoms with Crippen LogP contribution in [0, 0.1) is 5.41 Å². The van der Waals surface area contributed by atoms with Crippen molar-refractivity contribution in [3.63, 3.8) is 0 Å². The minimum absolute atomic E-state index is 0.293. The zero-order chi connectivity index (χ0) is 12.0. The van der Waals surface area contributed by atoms with Crippen LogP contribution in [0.25, 0.3) is 0 Å². The smallest absolute Gasteiger partial charge is 0.191 e. The van der Waals surface area contributed by atoms with Gasteiger partial charge in [0.25, 0.3) is 0 Å². The second-order valence-electron chi connectivity index (χ2n) is 6.51. The van der Waals surface area contributed by atoms with Crippen LogP contribution in [0.4, 0.5) is 0 Å². The van der Waals surface area contributed by atoms with E-state index >= 15 is 0 Å². The maximum absolute atomic E-state index is 6.16. The fraction of sp³-hybridized carbons (Fsp3) is 0.929. The van der Waals surface area contributed by atoms with Crippen molar-refractivity contribution in [1.29, 1.82) is 0 Å². The van der Waals surface area contributed by atoms with Crippen molar-refractivity contribution in [2.24, 2.45) is 10.4 Å². The lowest BCUT2D eigenvalue weighted by Crippen LogP contribution is -2.43. The van der Waals surface area contributed by atoms with Gasteiger partial charge in [-0.15, -0.1) is 0 Å². The predicted molar refractivity (Wildman–Crippen MR) is 70.9 cm³/mol. The van der Waals surface area contributed by atoms with Crippen LogP contribution in [-0.2, 0) is 4.74 Å². The van der Waals surface area contributed by atoms with E-state index in [1.54, 1.807) is 0 Å². The molecule has 4 heterocycles. The molecule has 3 saturated heterocycles. The van der Waals surface area contributed by atoms with Gasteiger partial charge in [0.1, 0.15) is 6.10 Å². The number of aliphatic imine (C=N–C) groups is 1.